The Morgan fingerprint density at radius 1 is 1.37 bits per heavy atom. The number of hydrogen-bond acceptors (Lipinski definition) is 3. The van der Waals surface area contributed by atoms with Gasteiger partial charge < -0.3 is 5.32 Å². The number of rotatable bonds is 2. The molecule has 2 rings (SSSR count). The molecule has 1 saturated carbocycles. The van der Waals surface area contributed by atoms with Crippen molar-refractivity contribution in [3.05, 3.63) is 22.6 Å². The molecule has 1 fully saturated rings. The van der Waals surface area contributed by atoms with E-state index in [1.54, 1.807) is 12.3 Å². The van der Waals surface area contributed by atoms with Gasteiger partial charge in [-0.2, -0.15) is 5.10 Å². The van der Waals surface area contributed by atoms with Crippen molar-refractivity contribution < 1.29 is 0 Å². The van der Waals surface area contributed by atoms with Crippen LogP contribution < -0.4 is 10.9 Å². The minimum absolute atomic E-state index is 0.158. The van der Waals surface area contributed by atoms with E-state index in [-0.39, 0.29) is 5.56 Å². The SMILES string of the molecule is C[C@@H]1[C@@H](C)C(C)(C)[C@@H](C)C[C@H]1Nc1cn[nH]c(=O)c1. The first-order chi connectivity index (χ1) is 8.82. The number of nitrogens with one attached hydrogen (secondary N) is 2. The van der Waals surface area contributed by atoms with Crippen LogP contribution in [0.5, 0.6) is 0 Å². The fourth-order valence-electron chi connectivity index (χ4n) is 3.23. The Hall–Kier alpha value is -1.32. The van der Waals surface area contributed by atoms with Gasteiger partial charge in [0.05, 0.1) is 11.9 Å². The van der Waals surface area contributed by atoms with Crippen molar-refractivity contribution in [2.75, 3.05) is 5.32 Å². The molecule has 0 aliphatic heterocycles. The zero-order valence-electron chi connectivity index (χ0n) is 12.5. The third kappa shape index (κ3) is 2.67. The van der Waals surface area contributed by atoms with Crippen molar-refractivity contribution in [3.63, 3.8) is 0 Å². The number of H-pyrrole nitrogens is 1. The van der Waals surface area contributed by atoms with Crippen LogP contribution in [0.2, 0.25) is 0 Å². The van der Waals surface area contributed by atoms with Gasteiger partial charge in [0, 0.05) is 12.1 Å². The van der Waals surface area contributed by atoms with E-state index in [1.165, 1.54) is 0 Å². The molecule has 4 nitrogen and oxygen atoms in total. The maximum Gasteiger partial charge on any atom is 0.266 e. The van der Waals surface area contributed by atoms with Crippen molar-refractivity contribution in [1.29, 1.82) is 0 Å². The van der Waals surface area contributed by atoms with Gasteiger partial charge in [-0.3, -0.25) is 4.79 Å². The summed E-state index contributed by atoms with van der Waals surface area (Å²) in [4.78, 5) is 11.3. The maximum absolute atomic E-state index is 11.3. The summed E-state index contributed by atoms with van der Waals surface area (Å²) in [5.41, 5.74) is 1.03. The van der Waals surface area contributed by atoms with E-state index in [0.717, 1.165) is 12.1 Å². The smallest absolute Gasteiger partial charge is 0.266 e. The van der Waals surface area contributed by atoms with Crippen LogP contribution in [0.1, 0.15) is 41.0 Å². The second kappa shape index (κ2) is 4.99. The summed E-state index contributed by atoms with van der Waals surface area (Å²) in [7, 11) is 0. The first kappa shape index (κ1) is 14.1. The second-order valence-corrected chi connectivity index (χ2v) is 6.69. The normalized spacial score (nSPS) is 33.9. The van der Waals surface area contributed by atoms with Gasteiger partial charge in [0.25, 0.3) is 5.56 Å². The summed E-state index contributed by atoms with van der Waals surface area (Å²) < 4.78 is 0. The van der Waals surface area contributed by atoms with Gasteiger partial charge in [-0.1, -0.05) is 34.6 Å². The predicted octanol–water partition coefficient (Wildman–Crippen LogP) is 2.89. The highest BCUT2D eigenvalue weighted by Gasteiger charge is 2.43. The van der Waals surface area contributed by atoms with Gasteiger partial charge in [-0.05, 0) is 29.6 Å². The lowest BCUT2D eigenvalue weighted by molar-refractivity contribution is 0.0316. The molecule has 4 heteroatoms. The van der Waals surface area contributed by atoms with E-state index in [1.807, 2.05) is 0 Å². The molecule has 1 aliphatic rings. The lowest BCUT2D eigenvalue weighted by atomic mass is 9.58. The van der Waals surface area contributed by atoms with Gasteiger partial charge in [0.15, 0.2) is 0 Å². The number of aromatic amines is 1. The number of aromatic nitrogens is 2. The molecule has 2 N–H and O–H groups in total. The van der Waals surface area contributed by atoms with E-state index in [0.29, 0.717) is 29.2 Å². The Morgan fingerprint density at radius 2 is 2.05 bits per heavy atom. The lowest BCUT2D eigenvalue weighted by Crippen LogP contribution is -2.47. The number of nitrogens with zero attached hydrogens (tertiary/aromatic N) is 1. The van der Waals surface area contributed by atoms with Crippen molar-refractivity contribution in [2.24, 2.45) is 23.2 Å². The minimum atomic E-state index is -0.158. The van der Waals surface area contributed by atoms with E-state index < -0.39 is 0 Å². The monoisotopic (exact) mass is 263 g/mol. The molecule has 1 heterocycles. The molecule has 1 aromatic heterocycles. The maximum atomic E-state index is 11.3. The molecule has 1 aromatic rings. The molecule has 0 radical (unpaired) electrons. The van der Waals surface area contributed by atoms with Crippen molar-refractivity contribution >= 4 is 5.69 Å². The highest BCUT2D eigenvalue weighted by Crippen LogP contribution is 2.47. The molecule has 1 aliphatic carbocycles. The summed E-state index contributed by atoms with van der Waals surface area (Å²) in [6.07, 6.45) is 2.81. The fraction of sp³-hybridized carbons (Fsp3) is 0.733. The molecular formula is C15H25N3O. The van der Waals surface area contributed by atoms with E-state index in [2.05, 4.69) is 50.1 Å². The zero-order chi connectivity index (χ0) is 14.2. The van der Waals surface area contributed by atoms with Crippen LogP contribution in [-0.2, 0) is 0 Å². The minimum Gasteiger partial charge on any atom is -0.381 e. The average molecular weight is 263 g/mol. The van der Waals surface area contributed by atoms with Crippen LogP contribution in [-0.4, -0.2) is 16.2 Å². The summed E-state index contributed by atoms with van der Waals surface area (Å²) in [6, 6.07) is 1.98. The van der Waals surface area contributed by atoms with Crippen molar-refractivity contribution in [3.8, 4) is 0 Å². The van der Waals surface area contributed by atoms with E-state index in [9.17, 15) is 4.79 Å². The summed E-state index contributed by atoms with van der Waals surface area (Å²) >= 11 is 0. The molecule has 19 heavy (non-hydrogen) atoms. The lowest BCUT2D eigenvalue weighted by Gasteiger charge is -2.50. The summed E-state index contributed by atoms with van der Waals surface area (Å²) in [5.74, 6) is 1.88. The molecule has 4 atom stereocenters. The third-order valence-electron chi connectivity index (χ3n) is 5.49. The molecule has 0 unspecified atom stereocenters. The molecule has 0 bridgehead atoms. The Balaban J connectivity index is 2.16. The van der Waals surface area contributed by atoms with E-state index >= 15 is 0 Å². The van der Waals surface area contributed by atoms with Gasteiger partial charge in [0.2, 0.25) is 0 Å². The number of anilines is 1. The Bertz CT molecular complexity index is 494. The zero-order valence-corrected chi connectivity index (χ0v) is 12.5. The predicted molar refractivity (Wildman–Crippen MR) is 78.2 cm³/mol. The van der Waals surface area contributed by atoms with Gasteiger partial charge in [0.1, 0.15) is 0 Å². The molecule has 0 saturated heterocycles. The molecule has 0 amide bonds. The molecule has 106 valence electrons. The average Bonchev–Trinajstić information content (AvgIpc) is 2.34. The highest BCUT2D eigenvalue weighted by molar-refractivity contribution is 5.40. The Morgan fingerprint density at radius 3 is 2.68 bits per heavy atom. The van der Waals surface area contributed by atoms with Crippen LogP contribution in [0.4, 0.5) is 5.69 Å². The quantitative estimate of drug-likeness (QED) is 0.862. The third-order valence-corrected chi connectivity index (χ3v) is 5.49. The van der Waals surface area contributed by atoms with Crippen LogP contribution in [0.3, 0.4) is 0 Å². The van der Waals surface area contributed by atoms with Gasteiger partial charge >= 0.3 is 0 Å². The Labute approximate surface area is 115 Å². The van der Waals surface area contributed by atoms with Crippen molar-refractivity contribution in [1.82, 2.24) is 10.2 Å². The van der Waals surface area contributed by atoms with Crippen LogP contribution in [0, 0.1) is 23.2 Å². The van der Waals surface area contributed by atoms with Crippen LogP contribution in [0.25, 0.3) is 0 Å². The fourth-order valence-corrected chi connectivity index (χ4v) is 3.23. The molecule has 0 aromatic carbocycles. The van der Waals surface area contributed by atoms with Gasteiger partial charge in [-0.25, -0.2) is 5.10 Å². The highest BCUT2D eigenvalue weighted by atomic mass is 16.1. The first-order valence-electron chi connectivity index (χ1n) is 7.13. The second-order valence-electron chi connectivity index (χ2n) is 6.69. The standard InChI is InChI=1S/C15H25N3O/c1-9-6-13(10(2)11(3)15(9,4)5)17-12-7-14(19)18-16-8-12/h7-11,13H,6H2,1-5H3,(H2,17,18,19)/t9-,10+,11+,13+/m0/s1. The summed E-state index contributed by atoms with van der Waals surface area (Å²) in [5, 5.41) is 9.73. The number of hydrogen-bond donors (Lipinski definition) is 2. The van der Waals surface area contributed by atoms with Gasteiger partial charge in [-0.15, -0.1) is 0 Å². The largest absolute Gasteiger partial charge is 0.381 e. The molecule has 0 spiro atoms. The summed E-state index contributed by atoms with van der Waals surface area (Å²) in [6.45, 7) is 11.7. The van der Waals surface area contributed by atoms with Crippen LogP contribution >= 0.6 is 0 Å². The van der Waals surface area contributed by atoms with E-state index in [4.69, 9.17) is 0 Å². The van der Waals surface area contributed by atoms with Crippen LogP contribution in [0.15, 0.2) is 17.1 Å². The topological polar surface area (TPSA) is 57.8 Å². The molecular weight excluding hydrogens is 238 g/mol. The Kier molecular flexibility index (Phi) is 3.70. The van der Waals surface area contributed by atoms with Crippen molar-refractivity contribution in [2.45, 2.75) is 47.1 Å². The first-order valence-corrected chi connectivity index (χ1v) is 7.13.